The van der Waals surface area contributed by atoms with E-state index in [0.717, 1.165) is 32.4 Å². The zero-order chi connectivity index (χ0) is 13.9. The van der Waals surface area contributed by atoms with Gasteiger partial charge in [-0.15, -0.1) is 0 Å². The van der Waals surface area contributed by atoms with E-state index in [1.807, 2.05) is 4.90 Å². The minimum atomic E-state index is -0.0276. The first-order valence-electron chi connectivity index (χ1n) is 7.92. The number of carbonyl (C=O) groups excluding carboxylic acids is 1. The van der Waals surface area contributed by atoms with Crippen LogP contribution in [0.5, 0.6) is 0 Å². The van der Waals surface area contributed by atoms with Crippen molar-refractivity contribution in [1.29, 1.82) is 0 Å². The summed E-state index contributed by atoms with van der Waals surface area (Å²) in [4.78, 5) is 14.3. The average molecular weight is 270 g/mol. The Kier molecular flexibility index (Phi) is 8.84. The Morgan fingerprint density at radius 3 is 2.79 bits per heavy atom. The van der Waals surface area contributed by atoms with E-state index in [0.29, 0.717) is 6.54 Å². The maximum atomic E-state index is 12.5. The van der Waals surface area contributed by atoms with E-state index >= 15 is 0 Å². The number of hydrogen-bond acceptors (Lipinski definition) is 3. The first-order chi connectivity index (χ1) is 9.29. The van der Waals surface area contributed by atoms with Crippen LogP contribution in [0.4, 0.5) is 0 Å². The Hall–Kier alpha value is -0.610. The third-order valence-electron chi connectivity index (χ3n) is 3.82. The summed E-state index contributed by atoms with van der Waals surface area (Å²) in [6.07, 6.45) is 9.10. The highest BCUT2D eigenvalue weighted by atomic mass is 16.3. The molecular formula is C15H30N2O2. The van der Waals surface area contributed by atoms with Crippen molar-refractivity contribution >= 4 is 5.91 Å². The molecule has 0 aromatic heterocycles. The van der Waals surface area contributed by atoms with Crippen LogP contribution in [0.15, 0.2) is 0 Å². The first-order valence-corrected chi connectivity index (χ1v) is 7.92. The van der Waals surface area contributed by atoms with Gasteiger partial charge in [-0.2, -0.15) is 0 Å². The van der Waals surface area contributed by atoms with Gasteiger partial charge in [0, 0.05) is 13.1 Å². The minimum Gasteiger partial charge on any atom is -0.395 e. The number of nitrogens with one attached hydrogen (secondary N) is 1. The Morgan fingerprint density at radius 2 is 2.05 bits per heavy atom. The molecule has 1 aliphatic heterocycles. The lowest BCUT2D eigenvalue weighted by molar-refractivity contribution is -0.134. The van der Waals surface area contributed by atoms with Gasteiger partial charge in [-0.1, -0.05) is 39.0 Å². The third-order valence-corrected chi connectivity index (χ3v) is 3.82. The summed E-state index contributed by atoms with van der Waals surface area (Å²) in [5, 5.41) is 12.5. The van der Waals surface area contributed by atoms with Crippen LogP contribution in [0.3, 0.4) is 0 Å². The van der Waals surface area contributed by atoms with Crippen LogP contribution >= 0.6 is 0 Å². The van der Waals surface area contributed by atoms with Gasteiger partial charge in [-0.3, -0.25) is 4.79 Å². The molecule has 0 bridgehead atoms. The Labute approximate surface area is 117 Å². The van der Waals surface area contributed by atoms with Crippen LogP contribution < -0.4 is 5.32 Å². The molecule has 0 aromatic carbocycles. The van der Waals surface area contributed by atoms with Crippen molar-refractivity contribution in [2.45, 2.75) is 64.3 Å². The van der Waals surface area contributed by atoms with Gasteiger partial charge in [-0.05, 0) is 25.8 Å². The molecule has 4 nitrogen and oxygen atoms in total. The second kappa shape index (κ2) is 10.2. The van der Waals surface area contributed by atoms with E-state index in [4.69, 9.17) is 5.11 Å². The molecule has 1 saturated heterocycles. The van der Waals surface area contributed by atoms with Gasteiger partial charge in [-0.25, -0.2) is 0 Å². The van der Waals surface area contributed by atoms with Crippen molar-refractivity contribution in [1.82, 2.24) is 10.2 Å². The number of aliphatic hydroxyl groups is 1. The topological polar surface area (TPSA) is 52.6 Å². The standard InChI is InChI=1S/C15H30N2O2/c1-2-3-4-8-11-17(12-13-18)15(19)14-9-6-5-7-10-16-14/h14,16,18H,2-13H2,1H3. The zero-order valence-electron chi connectivity index (χ0n) is 12.4. The predicted molar refractivity (Wildman–Crippen MR) is 78.1 cm³/mol. The molecule has 1 amide bonds. The van der Waals surface area contributed by atoms with Crippen molar-refractivity contribution in [2.24, 2.45) is 0 Å². The highest BCUT2D eigenvalue weighted by Crippen LogP contribution is 2.11. The second-order valence-electron chi connectivity index (χ2n) is 5.47. The van der Waals surface area contributed by atoms with Gasteiger partial charge in [0.25, 0.3) is 0 Å². The Bertz CT molecular complexity index is 238. The fourth-order valence-electron chi connectivity index (χ4n) is 2.64. The van der Waals surface area contributed by atoms with E-state index in [-0.39, 0.29) is 18.6 Å². The Balaban J connectivity index is 2.41. The number of rotatable bonds is 8. The number of aliphatic hydroxyl groups excluding tert-OH is 1. The number of hydrogen-bond donors (Lipinski definition) is 2. The van der Waals surface area contributed by atoms with Crippen LogP contribution in [-0.2, 0) is 4.79 Å². The normalized spacial score (nSPS) is 20.0. The molecule has 1 rings (SSSR count). The SMILES string of the molecule is CCCCCCN(CCO)C(=O)C1CCCCCN1. The molecule has 2 N–H and O–H groups in total. The fourth-order valence-corrected chi connectivity index (χ4v) is 2.64. The monoisotopic (exact) mass is 270 g/mol. The molecule has 112 valence electrons. The van der Waals surface area contributed by atoms with Gasteiger partial charge in [0.1, 0.15) is 0 Å². The number of unbranched alkanes of at least 4 members (excludes halogenated alkanes) is 3. The molecule has 4 heteroatoms. The van der Waals surface area contributed by atoms with Crippen molar-refractivity contribution in [2.75, 3.05) is 26.2 Å². The fraction of sp³-hybridized carbons (Fsp3) is 0.933. The van der Waals surface area contributed by atoms with Crippen molar-refractivity contribution in [3.05, 3.63) is 0 Å². The van der Waals surface area contributed by atoms with Gasteiger partial charge in [0.05, 0.1) is 12.6 Å². The summed E-state index contributed by atoms with van der Waals surface area (Å²) in [6, 6.07) is -0.0276. The maximum absolute atomic E-state index is 12.5. The third kappa shape index (κ3) is 6.39. The van der Waals surface area contributed by atoms with Gasteiger partial charge in [0.15, 0.2) is 0 Å². The van der Waals surface area contributed by atoms with E-state index in [2.05, 4.69) is 12.2 Å². The van der Waals surface area contributed by atoms with Crippen LogP contribution in [0.1, 0.15) is 58.3 Å². The van der Waals surface area contributed by atoms with E-state index < -0.39 is 0 Å². The molecule has 1 heterocycles. The second-order valence-corrected chi connectivity index (χ2v) is 5.47. The zero-order valence-corrected chi connectivity index (χ0v) is 12.4. The molecule has 0 aliphatic carbocycles. The van der Waals surface area contributed by atoms with E-state index in [1.165, 1.54) is 32.1 Å². The van der Waals surface area contributed by atoms with Crippen molar-refractivity contribution < 1.29 is 9.90 Å². The number of carbonyl (C=O) groups is 1. The van der Waals surface area contributed by atoms with Gasteiger partial charge < -0.3 is 15.3 Å². The molecule has 1 unspecified atom stereocenters. The molecule has 19 heavy (non-hydrogen) atoms. The van der Waals surface area contributed by atoms with Crippen LogP contribution in [0, 0.1) is 0 Å². The lowest BCUT2D eigenvalue weighted by Gasteiger charge is -2.26. The Morgan fingerprint density at radius 1 is 1.21 bits per heavy atom. The highest BCUT2D eigenvalue weighted by molar-refractivity contribution is 5.81. The minimum absolute atomic E-state index is 0.0276. The van der Waals surface area contributed by atoms with Gasteiger partial charge in [0.2, 0.25) is 5.91 Å². The lowest BCUT2D eigenvalue weighted by atomic mass is 10.1. The predicted octanol–water partition coefficient (Wildman–Crippen LogP) is 1.92. The first kappa shape index (κ1) is 16.4. The molecule has 0 spiro atoms. The average Bonchev–Trinajstić information content (AvgIpc) is 2.70. The summed E-state index contributed by atoms with van der Waals surface area (Å²) < 4.78 is 0. The molecule has 1 fully saturated rings. The quantitative estimate of drug-likeness (QED) is 0.663. The van der Waals surface area contributed by atoms with Crippen LogP contribution in [-0.4, -0.2) is 48.2 Å². The molecular weight excluding hydrogens is 240 g/mol. The summed E-state index contributed by atoms with van der Waals surface area (Å²) in [5.41, 5.74) is 0. The number of amides is 1. The summed E-state index contributed by atoms with van der Waals surface area (Å²) in [6.45, 7) is 4.46. The van der Waals surface area contributed by atoms with E-state index in [1.54, 1.807) is 0 Å². The molecule has 0 radical (unpaired) electrons. The number of nitrogens with zero attached hydrogens (tertiary/aromatic N) is 1. The maximum Gasteiger partial charge on any atom is 0.239 e. The summed E-state index contributed by atoms with van der Waals surface area (Å²) in [7, 11) is 0. The van der Waals surface area contributed by atoms with Crippen molar-refractivity contribution in [3.63, 3.8) is 0 Å². The smallest absolute Gasteiger partial charge is 0.239 e. The molecule has 0 aromatic rings. The summed E-state index contributed by atoms with van der Waals surface area (Å²) >= 11 is 0. The van der Waals surface area contributed by atoms with E-state index in [9.17, 15) is 4.79 Å². The largest absolute Gasteiger partial charge is 0.395 e. The highest BCUT2D eigenvalue weighted by Gasteiger charge is 2.24. The lowest BCUT2D eigenvalue weighted by Crippen LogP contribution is -2.47. The van der Waals surface area contributed by atoms with Gasteiger partial charge >= 0.3 is 0 Å². The molecule has 0 saturated carbocycles. The molecule has 1 atom stereocenters. The molecule has 1 aliphatic rings. The van der Waals surface area contributed by atoms with Crippen LogP contribution in [0.25, 0.3) is 0 Å². The van der Waals surface area contributed by atoms with Crippen LogP contribution in [0.2, 0.25) is 0 Å². The summed E-state index contributed by atoms with van der Waals surface area (Å²) in [5.74, 6) is 0.187. The van der Waals surface area contributed by atoms with Crippen molar-refractivity contribution in [3.8, 4) is 0 Å².